The van der Waals surface area contributed by atoms with Gasteiger partial charge < -0.3 is 16.0 Å². The molecule has 154 valence electrons. The summed E-state index contributed by atoms with van der Waals surface area (Å²) in [5.74, 6) is 2.54. The average molecular weight is 406 g/mol. The number of amides is 2. The second-order valence-electron chi connectivity index (χ2n) is 8.94. The quantitative estimate of drug-likeness (QED) is 0.611. The molecule has 4 aliphatic rings. The molecule has 1 aromatic carbocycles. The number of halogens is 1. The maximum absolute atomic E-state index is 13.0. The number of likely N-dealkylation sites (N-methyl/N-ethyl adjacent to an activating group) is 1. The summed E-state index contributed by atoms with van der Waals surface area (Å²) in [6.45, 7) is 1.90. The third kappa shape index (κ3) is 4.36. The molecule has 0 aliphatic heterocycles. The molecule has 1 aromatic rings. The fourth-order valence-corrected chi connectivity index (χ4v) is 5.94. The van der Waals surface area contributed by atoms with Crippen LogP contribution in [-0.4, -0.2) is 32.0 Å². The minimum atomic E-state index is -0.0953. The number of benzene rings is 1. The van der Waals surface area contributed by atoms with Crippen LogP contribution >= 0.6 is 12.4 Å². The lowest BCUT2D eigenvalue weighted by molar-refractivity contribution is -0.146. The molecule has 0 heterocycles. The van der Waals surface area contributed by atoms with Crippen molar-refractivity contribution in [1.29, 1.82) is 0 Å². The van der Waals surface area contributed by atoms with Gasteiger partial charge in [0.25, 0.3) is 5.91 Å². The zero-order chi connectivity index (χ0) is 18.9. The Hall–Kier alpha value is -1.59. The van der Waals surface area contributed by atoms with Gasteiger partial charge in [-0.15, -0.1) is 12.4 Å². The first-order valence-corrected chi connectivity index (χ1v) is 10.4. The summed E-state index contributed by atoms with van der Waals surface area (Å²) in [5.41, 5.74) is 1.60. The van der Waals surface area contributed by atoms with Gasteiger partial charge in [-0.25, -0.2) is 0 Å². The smallest absolute Gasteiger partial charge is 0.251 e. The van der Waals surface area contributed by atoms with Crippen LogP contribution in [0.3, 0.4) is 0 Å². The maximum atomic E-state index is 13.0. The molecule has 2 amide bonds. The van der Waals surface area contributed by atoms with E-state index in [0.717, 1.165) is 49.1 Å². The van der Waals surface area contributed by atoms with Crippen LogP contribution in [0.15, 0.2) is 24.3 Å². The van der Waals surface area contributed by atoms with Crippen molar-refractivity contribution in [2.75, 3.05) is 20.1 Å². The van der Waals surface area contributed by atoms with Gasteiger partial charge >= 0.3 is 0 Å². The van der Waals surface area contributed by atoms with Gasteiger partial charge in [-0.05, 0) is 81.0 Å². The van der Waals surface area contributed by atoms with E-state index in [1.165, 1.54) is 19.3 Å². The van der Waals surface area contributed by atoms with E-state index < -0.39 is 0 Å². The molecular weight excluding hydrogens is 374 g/mol. The molecule has 0 saturated heterocycles. The molecule has 4 bridgehead atoms. The molecule has 4 saturated carbocycles. The number of rotatable bonds is 7. The van der Waals surface area contributed by atoms with Crippen molar-refractivity contribution in [2.45, 2.75) is 45.1 Å². The SMILES string of the molecule is CNCCNC(=O)c1ccc(CNC(=O)C23CC4CC(CC(C4)C2)C3)cc1.Cl. The highest BCUT2D eigenvalue weighted by molar-refractivity contribution is 5.94. The monoisotopic (exact) mass is 405 g/mol. The standard InChI is InChI=1S/C22H31N3O2.ClH/c1-23-6-7-24-20(26)19-4-2-15(3-5-19)14-25-21(27)22-11-16-8-17(12-22)10-18(9-16)13-22;/h2-5,16-18,23H,6-14H2,1H3,(H,24,26)(H,25,27);1H. The van der Waals surface area contributed by atoms with E-state index >= 15 is 0 Å². The van der Waals surface area contributed by atoms with Gasteiger partial charge in [0.05, 0.1) is 0 Å². The number of carbonyl (C=O) groups excluding carboxylic acids is 2. The molecule has 28 heavy (non-hydrogen) atoms. The predicted octanol–water partition coefficient (Wildman–Crippen LogP) is 2.89. The Kier molecular flexibility index (Phi) is 6.66. The molecule has 5 nitrogen and oxygen atoms in total. The number of carbonyl (C=O) groups is 2. The Morgan fingerprint density at radius 3 is 2.04 bits per heavy atom. The molecule has 0 aromatic heterocycles. The van der Waals surface area contributed by atoms with Crippen LogP contribution in [0, 0.1) is 23.2 Å². The zero-order valence-electron chi connectivity index (χ0n) is 16.6. The van der Waals surface area contributed by atoms with E-state index in [-0.39, 0.29) is 29.6 Å². The lowest BCUT2D eigenvalue weighted by Gasteiger charge is -2.55. The highest BCUT2D eigenvalue weighted by Gasteiger charge is 2.54. The first kappa shape index (κ1) is 21.1. The first-order valence-electron chi connectivity index (χ1n) is 10.4. The van der Waals surface area contributed by atoms with Crippen molar-refractivity contribution < 1.29 is 9.59 Å². The molecule has 6 heteroatoms. The summed E-state index contributed by atoms with van der Waals surface area (Å²) in [5, 5.41) is 9.07. The van der Waals surface area contributed by atoms with Crippen LogP contribution in [0.4, 0.5) is 0 Å². The molecule has 0 radical (unpaired) electrons. The molecule has 5 rings (SSSR count). The molecule has 3 N–H and O–H groups in total. The first-order chi connectivity index (χ1) is 13.1. The number of hydrogen-bond acceptors (Lipinski definition) is 3. The third-order valence-electron chi connectivity index (χ3n) is 6.85. The highest BCUT2D eigenvalue weighted by atomic mass is 35.5. The van der Waals surface area contributed by atoms with Crippen molar-refractivity contribution in [2.24, 2.45) is 23.2 Å². The van der Waals surface area contributed by atoms with Crippen LogP contribution in [0.25, 0.3) is 0 Å². The minimum absolute atomic E-state index is 0. The summed E-state index contributed by atoms with van der Waals surface area (Å²) in [7, 11) is 1.86. The number of hydrogen-bond donors (Lipinski definition) is 3. The van der Waals surface area contributed by atoms with Gasteiger partial charge in [-0.2, -0.15) is 0 Å². The lowest BCUT2D eigenvalue weighted by Crippen LogP contribution is -2.53. The lowest BCUT2D eigenvalue weighted by atomic mass is 9.49. The Balaban J connectivity index is 0.00000225. The summed E-state index contributed by atoms with van der Waals surface area (Å²) < 4.78 is 0. The molecule has 4 fully saturated rings. The van der Waals surface area contributed by atoms with Crippen molar-refractivity contribution in [3.05, 3.63) is 35.4 Å². The largest absolute Gasteiger partial charge is 0.352 e. The van der Waals surface area contributed by atoms with Gasteiger partial charge in [-0.1, -0.05) is 12.1 Å². The van der Waals surface area contributed by atoms with Crippen molar-refractivity contribution in [3.63, 3.8) is 0 Å². The summed E-state index contributed by atoms with van der Waals surface area (Å²) >= 11 is 0. The van der Waals surface area contributed by atoms with Crippen LogP contribution in [0.5, 0.6) is 0 Å². The normalized spacial score (nSPS) is 29.8. The molecular formula is C22H32ClN3O2. The molecule has 4 aliphatic carbocycles. The third-order valence-corrected chi connectivity index (χ3v) is 6.85. The van der Waals surface area contributed by atoms with Crippen molar-refractivity contribution in [3.8, 4) is 0 Å². The average Bonchev–Trinajstić information content (AvgIpc) is 2.65. The Morgan fingerprint density at radius 2 is 1.50 bits per heavy atom. The van der Waals surface area contributed by atoms with Crippen LogP contribution < -0.4 is 16.0 Å². The molecule has 0 unspecified atom stereocenters. The van der Waals surface area contributed by atoms with Crippen molar-refractivity contribution in [1.82, 2.24) is 16.0 Å². The van der Waals surface area contributed by atoms with Gasteiger partial charge in [0.1, 0.15) is 0 Å². The Bertz CT molecular complexity index is 669. The van der Waals surface area contributed by atoms with Gasteiger partial charge in [0.2, 0.25) is 5.91 Å². The van der Waals surface area contributed by atoms with Gasteiger partial charge in [-0.3, -0.25) is 9.59 Å². The van der Waals surface area contributed by atoms with Gasteiger partial charge in [0, 0.05) is 30.6 Å². The minimum Gasteiger partial charge on any atom is -0.352 e. The second-order valence-corrected chi connectivity index (χ2v) is 8.94. The Labute approximate surface area is 173 Å². The fourth-order valence-electron chi connectivity index (χ4n) is 5.94. The zero-order valence-corrected chi connectivity index (χ0v) is 17.4. The van der Waals surface area contributed by atoms with E-state index in [4.69, 9.17) is 0 Å². The van der Waals surface area contributed by atoms with E-state index in [1.54, 1.807) is 0 Å². The van der Waals surface area contributed by atoms with Crippen LogP contribution in [0.2, 0.25) is 0 Å². The number of nitrogens with one attached hydrogen (secondary N) is 3. The highest BCUT2D eigenvalue weighted by Crippen LogP contribution is 2.60. The van der Waals surface area contributed by atoms with E-state index in [2.05, 4.69) is 16.0 Å². The fraction of sp³-hybridized carbons (Fsp3) is 0.636. The predicted molar refractivity (Wildman–Crippen MR) is 112 cm³/mol. The Morgan fingerprint density at radius 1 is 0.929 bits per heavy atom. The molecule has 0 atom stereocenters. The second kappa shape index (κ2) is 8.83. The van der Waals surface area contributed by atoms with Gasteiger partial charge in [0.15, 0.2) is 0 Å². The van der Waals surface area contributed by atoms with E-state index in [9.17, 15) is 9.59 Å². The van der Waals surface area contributed by atoms with E-state index in [1.807, 2.05) is 31.3 Å². The summed E-state index contributed by atoms with van der Waals surface area (Å²) in [6.07, 6.45) is 7.34. The van der Waals surface area contributed by atoms with Crippen LogP contribution in [-0.2, 0) is 11.3 Å². The summed E-state index contributed by atoms with van der Waals surface area (Å²) in [6, 6.07) is 7.54. The van der Waals surface area contributed by atoms with E-state index in [0.29, 0.717) is 18.7 Å². The maximum Gasteiger partial charge on any atom is 0.251 e. The van der Waals surface area contributed by atoms with Crippen molar-refractivity contribution >= 4 is 24.2 Å². The van der Waals surface area contributed by atoms with Crippen LogP contribution in [0.1, 0.15) is 54.4 Å². The summed E-state index contributed by atoms with van der Waals surface area (Å²) in [4.78, 5) is 25.1. The topological polar surface area (TPSA) is 70.2 Å². The molecule has 0 spiro atoms.